The zero-order chi connectivity index (χ0) is 73.3. The van der Waals surface area contributed by atoms with Crippen molar-refractivity contribution in [1.29, 1.82) is 0 Å². The number of allylic oxidation sites excluding steroid dienone is 14. The second kappa shape index (κ2) is 81.3. The lowest BCUT2D eigenvalue weighted by Crippen LogP contribution is -2.37. The van der Waals surface area contributed by atoms with Crippen LogP contribution in [0.1, 0.15) is 431 Å². The summed E-state index contributed by atoms with van der Waals surface area (Å²) in [5.41, 5.74) is 0. The topological polar surface area (TPSA) is 111 Å². The number of phosphoric acid groups is 1. The van der Waals surface area contributed by atoms with Crippen molar-refractivity contribution in [3.05, 3.63) is 85.1 Å². The molecule has 0 fully saturated rings. The lowest BCUT2D eigenvalue weighted by molar-refractivity contribution is -0.870. The number of esters is 2. The molecule has 0 saturated carbocycles. The van der Waals surface area contributed by atoms with Crippen molar-refractivity contribution in [3.63, 3.8) is 0 Å². The number of nitrogens with zero attached hydrogens (tertiary/aromatic N) is 1. The molecule has 0 aromatic heterocycles. The second-order valence-corrected chi connectivity index (χ2v) is 32.3. The Labute approximate surface area is 628 Å². The summed E-state index contributed by atoms with van der Waals surface area (Å²) in [6.45, 7) is 4.19. The largest absolute Gasteiger partial charge is 0.756 e. The Balaban J connectivity index is 3.89. The molecule has 0 radical (unpaired) electrons. The van der Waals surface area contributed by atoms with Gasteiger partial charge in [0, 0.05) is 12.8 Å². The van der Waals surface area contributed by atoms with Crippen molar-refractivity contribution in [3.8, 4) is 0 Å². The first-order chi connectivity index (χ1) is 49.5. The number of phosphoric ester groups is 1. The van der Waals surface area contributed by atoms with Crippen LogP contribution in [-0.4, -0.2) is 70.0 Å². The summed E-state index contributed by atoms with van der Waals surface area (Å²) in [5.74, 6) is -0.814. The Morgan fingerprint density at radius 1 is 0.317 bits per heavy atom. The number of carbonyl (C=O) groups is 2. The van der Waals surface area contributed by atoms with Gasteiger partial charge in [0.2, 0.25) is 0 Å². The molecule has 0 saturated heterocycles. The third-order valence-corrected chi connectivity index (χ3v) is 20.6. The van der Waals surface area contributed by atoms with Gasteiger partial charge in [-0.05, 0) is 70.6 Å². The fourth-order valence-corrected chi connectivity index (χ4v) is 13.8. The fraction of sp³-hybridized carbons (Fsp3) is 0.824. The SMILES string of the molecule is CC/C=C\C/C=C\C/C=C\C/C=C\C/C=C\C/C=C\C/C=C\CCCCCCCCCCCCCCCCCC(=O)OC(COC(=O)CCCCCCCCCCCCCCCCCCCCCCCCCCCCCCCCCCCCCCCCCC)COP(=O)([O-])OCC[N+](C)(C)C. The van der Waals surface area contributed by atoms with E-state index >= 15 is 0 Å². The molecule has 0 bridgehead atoms. The van der Waals surface area contributed by atoms with Gasteiger partial charge in [0.25, 0.3) is 7.82 Å². The molecule has 2 unspecified atom stereocenters. The molecule has 0 N–H and O–H groups in total. The lowest BCUT2D eigenvalue weighted by Gasteiger charge is -2.28. The van der Waals surface area contributed by atoms with Crippen molar-refractivity contribution in [1.82, 2.24) is 0 Å². The van der Waals surface area contributed by atoms with Crippen LogP contribution in [0.15, 0.2) is 85.1 Å². The molecule has 0 aliphatic rings. The standard InChI is InChI=1S/C91H168NO8P/c1-6-8-10-12-14-16-18-20-22-24-26-28-30-32-34-36-38-40-42-44-45-46-48-49-51-53-55-57-59-61-63-65-67-69-71-73-75-77-79-81-83-90(93)97-87-89(88-99-101(95,96)98-86-85-92(3,4)5)100-91(94)84-82-80-78-76-74-72-70-68-66-64-62-60-58-56-54-52-50-47-43-41-39-37-35-33-31-29-27-25-23-21-19-17-15-13-11-9-7-2/h9,11,15,17,21,23,27,29,33,35,39,41,47,50,89H,6-8,10,12-14,16,18-20,22,24-26,28,30-32,34,36-38,40,42-46,48-49,51-88H2,1-5H3/b11-9-,17-15-,23-21-,29-27-,35-33-,41-39-,50-47-. The number of ether oxygens (including phenoxy) is 2. The third kappa shape index (κ3) is 86.0. The summed E-state index contributed by atoms with van der Waals surface area (Å²) >= 11 is 0. The molecule has 0 aliphatic carbocycles. The summed E-state index contributed by atoms with van der Waals surface area (Å²) < 4.78 is 34.5. The first-order valence-electron chi connectivity index (χ1n) is 43.8. The first-order valence-corrected chi connectivity index (χ1v) is 45.3. The molecule has 0 heterocycles. The predicted octanol–water partition coefficient (Wildman–Crippen LogP) is 28.9. The van der Waals surface area contributed by atoms with Crippen LogP contribution in [-0.2, 0) is 32.7 Å². The Morgan fingerprint density at radius 2 is 0.564 bits per heavy atom. The molecular formula is C91H168NO8P. The van der Waals surface area contributed by atoms with E-state index in [9.17, 15) is 19.0 Å². The van der Waals surface area contributed by atoms with E-state index in [0.29, 0.717) is 17.4 Å². The number of hydrogen-bond donors (Lipinski definition) is 0. The van der Waals surface area contributed by atoms with E-state index in [1.54, 1.807) is 0 Å². The van der Waals surface area contributed by atoms with Crippen LogP contribution in [0.2, 0.25) is 0 Å². The first kappa shape index (κ1) is 98.2. The third-order valence-electron chi connectivity index (χ3n) is 19.7. The molecule has 0 aromatic rings. The molecule has 0 aliphatic heterocycles. The maximum absolute atomic E-state index is 12.9. The minimum atomic E-state index is -4.65. The second-order valence-electron chi connectivity index (χ2n) is 30.9. The van der Waals surface area contributed by atoms with Crippen LogP contribution < -0.4 is 4.89 Å². The fourth-order valence-electron chi connectivity index (χ4n) is 13.1. The summed E-state index contributed by atoms with van der Waals surface area (Å²) in [7, 11) is 1.18. The van der Waals surface area contributed by atoms with Gasteiger partial charge < -0.3 is 27.9 Å². The molecule has 10 heteroatoms. The normalized spacial score (nSPS) is 13.4. The van der Waals surface area contributed by atoms with Gasteiger partial charge in [-0.1, -0.05) is 433 Å². The monoisotopic (exact) mass is 1430 g/mol. The highest BCUT2D eigenvalue weighted by Crippen LogP contribution is 2.38. The zero-order valence-electron chi connectivity index (χ0n) is 67.6. The van der Waals surface area contributed by atoms with Crippen molar-refractivity contribution in [2.45, 2.75) is 437 Å². The van der Waals surface area contributed by atoms with Crippen LogP contribution >= 0.6 is 7.82 Å². The van der Waals surface area contributed by atoms with Gasteiger partial charge in [-0.2, -0.15) is 0 Å². The summed E-state index contributed by atoms with van der Waals surface area (Å²) in [6.07, 6.45) is 113. The van der Waals surface area contributed by atoms with Gasteiger partial charge in [0.15, 0.2) is 6.10 Å². The van der Waals surface area contributed by atoms with Gasteiger partial charge >= 0.3 is 11.9 Å². The minimum absolute atomic E-state index is 0.0306. The van der Waals surface area contributed by atoms with E-state index in [0.717, 1.165) is 83.5 Å². The molecule has 9 nitrogen and oxygen atoms in total. The van der Waals surface area contributed by atoms with E-state index in [1.807, 2.05) is 21.1 Å². The van der Waals surface area contributed by atoms with Crippen LogP contribution in [0.5, 0.6) is 0 Å². The molecule has 0 amide bonds. The van der Waals surface area contributed by atoms with E-state index in [4.69, 9.17) is 18.5 Å². The molecule has 101 heavy (non-hydrogen) atoms. The molecule has 2 atom stereocenters. The summed E-state index contributed by atoms with van der Waals surface area (Å²) in [5, 5.41) is 0. The van der Waals surface area contributed by atoms with Crippen LogP contribution in [0, 0.1) is 0 Å². The van der Waals surface area contributed by atoms with Gasteiger partial charge in [0.05, 0.1) is 27.7 Å². The Kier molecular flexibility index (Phi) is 79.0. The average molecular weight is 1440 g/mol. The number of unbranched alkanes of at least 4 members (excludes halogenated alkanes) is 54. The van der Waals surface area contributed by atoms with Crippen LogP contribution in [0.4, 0.5) is 0 Å². The van der Waals surface area contributed by atoms with Crippen molar-refractivity contribution >= 4 is 19.8 Å². The maximum Gasteiger partial charge on any atom is 0.306 e. The Hall–Kier alpha value is -2.81. The highest BCUT2D eigenvalue weighted by atomic mass is 31.2. The highest BCUT2D eigenvalue weighted by molar-refractivity contribution is 7.45. The number of likely N-dealkylation sites (N-methyl/N-ethyl adjacent to an activating group) is 1. The molecule has 0 rings (SSSR count). The van der Waals surface area contributed by atoms with Gasteiger partial charge in [0.1, 0.15) is 19.8 Å². The predicted molar refractivity (Wildman–Crippen MR) is 439 cm³/mol. The summed E-state index contributed by atoms with van der Waals surface area (Å²) in [4.78, 5) is 38.2. The Bertz CT molecular complexity index is 1980. The van der Waals surface area contributed by atoms with Gasteiger partial charge in [-0.25, -0.2) is 0 Å². The van der Waals surface area contributed by atoms with Crippen molar-refractivity contribution in [2.75, 3.05) is 47.5 Å². The number of rotatable bonds is 82. The Morgan fingerprint density at radius 3 is 0.842 bits per heavy atom. The lowest BCUT2D eigenvalue weighted by atomic mass is 10.0. The summed E-state index contributed by atoms with van der Waals surface area (Å²) in [6, 6.07) is 0. The van der Waals surface area contributed by atoms with Crippen LogP contribution in [0.3, 0.4) is 0 Å². The van der Waals surface area contributed by atoms with E-state index in [2.05, 4.69) is 98.9 Å². The smallest absolute Gasteiger partial charge is 0.306 e. The van der Waals surface area contributed by atoms with Crippen molar-refractivity contribution < 1.29 is 42.1 Å². The van der Waals surface area contributed by atoms with E-state index < -0.39 is 26.5 Å². The zero-order valence-corrected chi connectivity index (χ0v) is 68.5. The maximum atomic E-state index is 12.9. The minimum Gasteiger partial charge on any atom is -0.756 e. The van der Waals surface area contributed by atoms with Gasteiger partial charge in [-0.15, -0.1) is 0 Å². The quantitative estimate of drug-likeness (QED) is 0.0195. The number of carbonyl (C=O) groups excluding carboxylic acids is 2. The number of hydrogen-bond acceptors (Lipinski definition) is 8. The molecular weight excluding hydrogens is 1270 g/mol. The van der Waals surface area contributed by atoms with E-state index in [1.165, 1.54) is 315 Å². The van der Waals surface area contributed by atoms with Crippen LogP contribution in [0.25, 0.3) is 0 Å². The number of quaternary nitrogens is 1. The molecule has 0 aromatic carbocycles. The molecule has 590 valence electrons. The molecule has 0 spiro atoms. The highest BCUT2D eigenvalue weighted by Gasteiger charge is 2.22. The van der Waals surface area contributed by atoms with Crippen molar-refractivity contribution in [2.24, 2.45) is 0 Å². The average Bonchev–Trinajstić information content (AvgIpc) is 0.958. The van der Waals surface area contributed by atoms with Gasteiger partial charge in [-0.3, -0.25) is 14.2 Å². The van der Waals surface area contributed by atoms with E-state index in [-0.39, 0.29) is 32.0 Å².